The van der Waals surface area contributed by atoms with E-state index in [1.165, 1.54) is 25.1 Å². The number of aromatic nitrogens is 2. The Morgan fingerprint density at radius 2 is 2.39 bits per heavy atom. The SMILES string of the molecule is CCN1CCCC(c2cn3cccc(Cl)c3n2)C1. The topological polar surface area (TPSA) is 20.5 Å². The average Bonchev–Trinajstić information content (AvgIpc) is 2.84. The van der Waals surface area contributed by atoms with Gasteiger partial charge in [-0.25, -0.2) is 4.98 Å². The quantitative estimate of drug-likeness (QED) is 0.830. The Bertz CT molecular complexity index is 549. The van der Waals surface area contributed by atoms with Gasteiger partial charge in [-0.1, -0.05) is 18.5 Å². The van der Waals surface area contributed by atoms with Crippen LogP contribution in [-0.4, -0.2) is 33.9 Å². The summed E-state index contributed by atoms with van der Waals surface area (Å²) in [6, 6.07) is 3.85. The van der Waals surface area contributed by atoms with E-state index in [1.54, 1.807) is 0 Å². The molecule has 3 rings (SSSR count). The highest BCUT2D eigenvalue weighted by molar-refractivity contribution is 6.33. The van der Waals surface area contributed by atoms with Crippen molar-refractivity contribution in [2.24, 2.45) is 0 Å². The minimum absolute atomic E-state index is 0.551. The number of piperidine rings is 1. The molecule has 1 aliphatic rings. The maximum Gasteiger partial charge on any atom is 0.155 e. The van der Waals surface area contributed by atoms with Crippen LogP contribution in [0, 0.1) is 0 Å². The number of likely N-dealkylation sites (N-methyl/N-ethyl adjacent to an activating group) is 1. The number of rotatable bonds is 2. The molecule has 0 bridgehead atoms. The van der Waals surface area contributed by atoms with Crippen molar-refractivity contribution in [3.8, 4) is 0 Å². The van der Waals surface area contributed by atoms with E-state index in [0.29, 0.717) is 5.92 Å². The van der Waals surface area contributed by atoms with Crippen LogP contribution in [0.15, 0.2) is 24.5 Å². The van der Waals surface area contributed by atoms with Crippen molar-refractivity contribution in [1.82, 2.24) is 14.3 Å². The predicted molar refractivity (Wildman–Crippen MR) is 74.3 cm³/mol. The average molecular weight is 264 g/mol. The lowest BCUT2D eigenvalue weighted by molar-refractivity contribution is 0.216. The van der Waals surface area contributed by atoms with Gasteiger partial charge in [-0.05, 0) is 38.1 Å². The number of nitrogens with zero attached hydrogens (tertiary/aromatic N) is 3. The lowest BCUT2D eigenvalue weighted by Gasteiger charge is -2.30. The molecule has 0 aromatic carbocycles. The summed E-state index contributed by atoms with van der Waals surface area (Å²) < 4.78 is 2.03. The highest BCUT2D eigenvalue weighted by Crippen LogP contribution is 2.27. The second kappa shape index (κ2) is 4.90. The van der Waals surface area contributed by atoms with Gasteiger partial charge < -0.3 is 9.30 Å². The summed E-state index contributed by atoms with van der Waals surface area (Å²) in [5.74, 6) is 0.551. The van der Waals surface area contributed by atoms with Crippen LogP contribution < -0.4 is 0 Å². The van der Waals surface area contributed by atoms with Gasteiger partial charge in [0.25, 0.3) is 0 Å². The fourth-order valence-corrected chi connectivity index (χ4v) is 2.99. The van der Waals surface area contributed by atoms with E-state index in [9.17, 15) is 0 Å². The molecule has 2 aromatic heterocycles. The number of imidazole rings is 1. The van der Waals surface area contributed by atoms with Gasteiger partial charge in [0.05, 0.1) is 10.7 Å². The van der Waals surface area contributed by atoms with Crippen LogP contribution in [0.5, 0.6) is 0 Å². The largest absolute Gasteiger partial charge is 0.306 e. The molecule has 0 radical (unpaired) electrons. The first-order chi connectivity index (χ1) is 8.78. The summed E-state index contributed by atoms with van der Waals surface area (Å²) in [7, 11) is 0. The van der Waals surface area contributed by atoms with Crippen LogP contribution in [0.3, 0.4) is 0 Å². The van der Waals surface area contributed by atoms with Crippen molar-refractivity contribution >= 4 is 17.2 Å². The molecule has 0 spiro atoms. The van der Waals surface area contributed by atoms with Crippen LogP contribution in [0.4, 0.5) is 0 Å². The van der Waals surface area contributed by atoms with Crippen LogP contribution in [0.25, 0.3) is 5.65 Å². The summed E-state index contributed by atoms with van der Waals surface area (Å²) in [6.07, 6.45) is 6.64. The number of pyridine rings is 1. The summed E-state index contributed by atoms with van der Waals surface area (Å²) in [5, 5.41) is 0.729. The number of hydrogen-bond donors (Lipinski definition) is 0. The van der Waals surface area contributed by atoms with Crippen LogP contribution in [0.1, 0.15) is 31.4 Å². The Morgan fingerprint density at radius 3 is 3.17 bits per heavy atom. The van der Waals surface area contributed by atoms with Crippen molar-refractivity contribution < 1.29 is 0 Å². The zero-order valence-electron chi connectivity index (χ0n) is 10.6. The van der Waals surface area contributed by atoms with Gasteiger partial charge in [-0.2, -0.15) is 0 Å². The third-order valence-electron chi connectivity index (χ3n) is 3.82. The Hall–Kier alpha value is -1.06. The van der Waals surface area contributed by atoms with Crippen LogP contribution >= 0.6 is 11.6 Å². The Balaban J connectivity index is 1.92. The van der Waals surface area contributed by atoms with Gasteiger partial charge in [0, 0.05) is 24.9 Å². The minimum atomic E-state index is 0.551. The molecule has 0 saturated carbocycles. The molecule has 0 N–H and O–H groups in total. The van der Waals surface area contributed by atoms with E-state index in [1.807, 2.05) is 22.7 Å². The number of halogens is 1. The molecular weight excluding hydrogens is 246 g/mol. The molecule has 0 amide bonds. The van der Waals surface area contributed by atoms with Crippen molar-refractivity contribution in [2.45, 2.75) is 25.7 Å². The van der Waals surface area contributed by atoms with Crippen molar-refractivity contribution in [3.63, 3.8) is 0 Å². The number of fused-ring (bicyclic) bond motifs is 1. The summed E-state index contributed by atoms with van der Waals surface area (Å²) >= 11 is 6.17. The molecule has 3 nitrogen and oxygen atoms in total. The molecule has 1 atom stereocenters. The molecule has 4 heteroatoms. The highest BCUT2D eigenvalue weighted by atomic mass is 35.5. The molecule has 1 fully saturated rings. The lowest BCUT2D eigenvalue weighted by atomic mass is 9.95. The molecule has 18 heavy (non-hydrogen) atoms. The summed E-state index contributed by atoms with van der Waals surface area (Å²) in [4.78, 5) is 7.21. The summed E-state index contributed by atoms with van der Waals surface area (Å²) in [6.45, 7) is 5.70. The predicted octanol–water partition coefficient (Wildman–Crippen LogP) is 3.19. The zero-order chi connectivity index (χ0) is 12.5. The molecule has 96 valence electrons. The molecule has 1 unspecified atom stereocenters. The first kappa shape index (κ1) is 12.0. The van der Waals surface area contributed by atoms with Gasteiger partial charge in [0.15, 0.2) is 5.65 Å². The second-order valence-corrected chi connectivity index (χ2v) is 5.39. The fourth-order valence-electron chi connectivity index (χ4n) is 2.78. The normalized spacial score (nSPS) is 21.6. The smallest absolute Gasteiger partial charge is 0.155 e. The van der Waals surface area contributed by atoms with E-state index in [4.69, 9.17) is 16.6 Å². The maximum atomic E-state index is 6.17. The number of hydrogen-bond acceptors (Lipinski definition) is 2. The van der Waals surface area contributed by atoms with Crippen LogP contribution in [0.2, 0.25) is 5.02 Å². The van der Waals surface area contributed by atoms with Crippen molar-refractivity contribution in [3.05, 3.63) is 35.2 Å². The zero-order valence-corrected chi connectivity index (χ0v) is 11.4. The Morgan fingerprint density at radius 1 is 1.50 bits per heavy atom. The van der Waals surface area contributed by atoms with Gasteiger partial charge in [0.1, 0.15) is 0 Å². The standard InChI is InChI=1S/C14H18ClN3/c1-2-17-7-3-5-11(9-17)13-10-18-8-4-6-12(15)14(18)16-13/h4,6,8,10-11H,2-3,5,7,9H2,1H3. The molecule has 1 saturated heterocycles. The van der Waals surface area contributed by atoms with Gasteiger partial charge >= 0.3 is 0 Å². The van der Waals surface area contributed by atoms with Gasteiger partial charge in [-0.3, -0.25) is 0 Å². The summed E-state index contributed by atoms with van der Waals surface area (Å²) in [5.41, 5.74) is 2.06. The first-order valence-electron chi connectivity index (χ1n) is 6.63. The lowest BCUT2D eigenvalue weighted by Crippen LogP contribution is -2.34. The fraction of sp³-hybridized carbons (Fsp3) is 0.500. The second-order valence-electron chi connectivity index (χ2n) is 4.99. The van der Waals surface area contributed by atoms with E-state index >= 15 is 0 Å². The number of likely N-dealkylation sites (tertiary alicyclic amines) is 1. The van der Waals surface area contributed by atoms with E-state index in [-0.39, 0.29) is 0 Å². The molecule has 1 aliphatic heterocycles. The third-order valence-corrected chi connectivity index (χ3v) is 4.12. The highest BCUT2D eigenvalue weighted by Gasteiger charge is 2.22. The monoisotopic (exact) mass is 263 g/mol. The maximum absolute atomic E-state index is 6.17. The van der Waals surface area contributed by atoms with E-state index in [2.05, 4.69) is 18.0 Å². The molecule has 2 aromatic rings. The Kier molecular flexibility index (Phi) is 3.27. The minimum Gasteiger partial charge on any atom is -0.306 e. The Labute approximate surface area is 112 Å². The van der Waals surface area contributed by atoms with E-state index in [0.717, 1.165) is 23.8 Å². The van der Waals surface area contributed by atoms with Crippen LogP contribution in [-0.2, 0) is 0 Å². The molecular formula is C14H18ClN3. The van der Waals surface area contributed by atoms with E-state index < -0.39 is 0 Å². The third kappa shape index (κ3) is 2.13. The van der Waals surface area contributed by atoms with Crippen molar-refractivity contribution in [1.29, 1.82) is 0 Å². The van der Waals surface area contributed by atoms with Gasteiger partial charge in [-0.15, -0.1) is 0 Å². The first-order valence-corrected chi connectivity index (χ1v) is 7.01. The molecule has 0 aliphatic carbocycles. The molecule has 3 heterocycles. The van der Waals surface area contributed by atoms with Gasteiger partial charge in [0.2, 0.25) is 0 Å². The van der Waals surface area contributed by atoms with Crippen molar-refractivity contribution in [2.75, 3.05) is 19.6 Å².